The summed E-state index contributed by atoms with van der Waals surface area (Å²) in [6.07, 6.45) is 9.01. The van der Waals surface area contributed by atoms with Gasteiger partial charge in [0.05, 0.1) is 5.60 Å². The monoisotopic (exact) mass is 222 g/mol. The second-order valence-corrected chi connectivity index (χ2v) is 6.44. The van der Waals surface area contributed by atoms with Crippen LogP contribution in [-0.2, 0) is 9.53 Å². The average Bonchev–Trinajstić information content (AvgIpc) is 2.58. The zero-order chi connectivity index (χ0) is 11.2. The third kappa shape index (κ3) is 1.62. The Kier molecular flexibility index (Phi) is 2.39. The Morgan fingerprint density at radius 2 is 2.12 bits per heavy atom. The zero-order valence-corrected chi connectivity index (χ0v) is 10.3. The van der Waals surface area contributed by atoms with Crippen LogP contribution in [0.15, 0.2) is 0 Å². The van der Waals surface area contributed by atoms with Gasteiger partial charge in [0, 0.05) is 19.4 Å². The summed E-state index contributed by atoms with van der Waals surface area (Å²) < 4.78 is 5.98. The van der Waals surface area contributed by atoms with Gasteiger partial charge in [-0.1, -0.05) is 6.92 Å². The second-order valence-electron chi connectivity index (χ2n) is 6.44. The van der Waals surface area contributed by atoms with Crippen LogP contribution in [0.1, 0.15) is 58.3 Å². The van der Waals surface area contributed by atoms with Crippen LogP contribution < -0.4 is 0 Å². The molecular weight excluding hydrogens is 200 g/mol. The highest BCUT2D eigenvalue weighted by Gasteiger charge is 2.49. The highest BCUT2D eigenvalue weighted by Crippen LogP contribution is 2.53. The standard InChI is InChI=1S/C14H22O2/c1-13(7-3-12(15)10-13)11-4-8-16-14(9-11)5-2-6-14/h11H,2-10H2,1H3. The summed E-state index contributed by atoms with van der Waals surface area (Å²) >= 11 is 0. The van der Waals surface area contributed by atoms with Crippen molar-refractivity contribution in [3.63, 3.8) is 0 Å². The summed E-state index contributed by atoms with van der Waals surface area (Å²) in [5.41, 5.74) is 0.529. The van der Waals surface area contributed by atoms with Crippen molar-refractivity contribution in [1.82, 2.24) is 0 Å². The van der Waals surface area contributed by atoms with Gasteiger partial charge < -0.3 is 4.74 Å². The fourth-order valence-electron chi connectivity index (χ4n) is 3.94. The van der Waals surface area contributed by atoms with Crippen molar-refractivity contribution in [2.75, 3.05) is 6.61 Å². The Morgan fingerprint density at radius 1 is 1.31 bits per heavy atom. The molecule has 2 nitrogen and oxygen atoms in total. The SMILES string of the molecule is CC1(C2CCOC3(CCC3)C2)CCC(=O)C1. The van der Waals surface area contributed by atoms with Gasteiger partial charge in [-0.2, -0.15) is 0 Å². The summed E-state index contributed by atoms with van der Waals surface area (Å²) in [5.74, 6) is 1.21. The smallest absolute Gasteiger partial charge is 0.133 e. The molecule has 2 heteroatoms. The maximum Gasteiger partial charge on any atom is 0.133 e. The van der Waals surface area contributed by atoms with Gasteiger partial charge in [0.2, 0.25) is 0 Å². The molecule has 2 unspecified atom stereocenters. The molecule has 3 aliphatic rings. The Labute approximate surface area is 97.7 Å². The minimum Gasteiger partial charge on any atom is -0.375 e. The molecular formula is C14H22O2. The van der Waals surface area contributed by atoms with Crippen LogP contribution in [0.25, 0.3) is 0 Å². The van der Waals surface area contributed by atoms with E-state index in [0.29, 0.717) is 11.2 Å². The lowest BCUT2D eigenvalue weighted by Crippen LogP contribution is -2.48. The number of carbonyl (C=O) groups excluding carboxylic acids is 1. The predicted octanol–water partition coefficient (Wildman–Crippen LogP) is 3.10. The highest BCUT2D eigenvalue weighted by molar-refractivity contribution is 5.81. The first-order chi connectivity index (χ1) is 7.62. The molecule has 0 radical (unpaired) electrons. The average molecular weight is 222 g/mol. The van der Waals surface area contributed by atoms with Crippen molar-refractivity contribution in [2.24, 2.45) is 11.3 Å². The van der Waals surface area contributed by atoms with Crippen molar-refractivity contribution in [1.29, 1.82) is 0 Å². The molecule has 1 saturated heterocycles. The molecule has 2 saturated carbocycles. The number of hydrogen-bond acceptors (Lipinski definition) is 2. The van der Waals surface area contributed by atoms with E-state index in [1.54, 1.807) is 0 Å². The highest BCUT2D eigenvalue weighted by atomic mass is 16.5. The van der Waals surface area contributed by atoms with E-state index in [9.17, 15) is 4.79 Å². The number of rotatable bonds is 1. The fraction of sp³-hybridized carbons (Fsp3) is 0.929. The molecule has 2 aliphatic carbocycles. The molecule has 0 aromatic carbocycles. The zero-order valence-electron chi connectivity index (χ0n) is 10.3. The Bertz CT molecular complexity index is 306. The Hall–Kier alpha value is -0.370. The molecule has 0 bridgehead atoms. The second kappa shape index (κ2) is 3.56. The number of ketones is 1. The lowest BCUT2D eigenvalue weighted by atomic mass is 9.63. The van der Waals surface area contributed by atoms with E-state index in [0.717, 1.165) is 31.8 Å². The van der Waals surface area contributed by atoms with Crippen LogP contribution >= 0.6 is 0 Å². The maximum absolute atomic E-state index is 11.5. The number of hydrogen-bond donors (Lipinski definition) is 0. The molecule has 0 N–H and O–H groups in total. The molecule has 16 heavy (non-hydrogen) atoms. The van der Waals surface area contributed by atoms with Gasteiger partial charge in [-0.05, 0) is 49.9 Å². The van der Waals surface area contributed by atoms with E-state index in [1.807, 2.05) is 0 Å². The quantitative estimate of drug-likeness (QED) is 0.681. The van der Waals surface area contributed by atoms with E-state index in [1.165, 1.54) is 32.1 Å². The minimum atomic E-state index is 0.234. The van der Waals surface area contributed by atoms with Crippen LogP contribution in [0.5, 0.6) is 0 Å². The van der Waals surface area contributed by atoms with Gasteiger partial charge in [-0.3, -0.25) is 4.79 Å². The van der Waals surface area contributed by atoms with Gasteiger partial charge in [-0.15, -0.1) is 0 Å². The van der Waals surface area contributed by atoms with E-state index in [4.69, 9.17) is 4.74 Å². The Morgan fingerprint density at radius 3 is 2.69 bits per heavy atom. The van der Waals surface area contributed by atoms with Gasteiger partial charge >= 0.3 is 0 Å². The first-order valence-corrected chi connectivity index (χ1v) is 6.78. The minimum absolute atomic E-state index is 0.234. The summed E-state index contributed by atoms with van der Waals surface area (Å²) in [5, 5.41) is 0. The van der Waals surface area contributed by atoms with Gasteiger partial charge in [0.25, 0.3) is 0 Å². The van der Waals surface area contributed by atoms with Crippen molar-refractivity contribution in [3.8, 4) is 0 Å². The molecule has 0 amide bonds. The topological polar surface area (TPSA) is 26.3 Å². The van der Waals surface area contributed by atoms with E-state index < -0.39 is 0 Å². The third-order valence-electron chi connectivity index (χ3n) is 5.32. The number of Topliss-reactive ketones (excluding diaryl/α,β-unsaturated/α-hetero) is 1. The van der Waals surface area contributed by atoms with E-state index in [-0.39, 0.29) is 5.60 Å². The van der Waals surface area contributed by atoms with Crippen LogP contribution in [-0.4, -0.2) is 18.0 Å². The molecule has 3 rings (SSSR count). The predicted molar refractivity (Wildman–Crippen MR) is 62.2 cm³/mol. The Balaban J connectivity index is 1.72. The molecule has 1 aliphatic heterocycles. The van der Waals surface area contributed by atoms with Crippen molar-refractivity contribution < 1.29 is 9.53 Å². The largest absolute Gasteiger partial charge is 0.375 e. The van der Waals surface area contributed by atoms with E-state index in [2.05, 4.69) is 6.92 Å². The normalized spacial score (nSPS) is 42.3. The summed E-state index contributed by atoms with van der Waals surface area (Å²) in [6, 6.07) is 0. The summed E-state index contributed by atoms with van der Waals surface area (Å²) in [6.45, 7) is 3.26. The van der Waals surface area contributed by atoms with Crippen molar-refractivity contribution in [3.05, 3.63) is 0 Å². The van der Waals surface area contributed by atoms with Crippen LogP contribution in [0, 0.1) is 11.3 Å². The molecule has 1 heterocycles. The molecule has 1 spiro atoms. The van der Waals surface area contributed by atoms with Crippen molar-refractivity contribution in [2.45, 2.75) is 63.9 Å². The van der Waals surface area contributed by atoms with Gasteiger partial charge in [-0.25, -0.2) is 0 Å². The third-order valence-corrected chi connectivity index (χ3v) is 5.32. The van der Waals surface area contributed by atoms with Crippen LogP contribution in [0.2, 0.25) is 0 Å². The first-order valence-electron chi connectivity index (χ1n) is 6.78. The number of carbonyl (C=O) groups is 1. The molecule has 3 fully saturated rings. The fourth-order valence-corrected chi connectivity index (χ4v) is 3.94. The van der Waals surface area contributed by atoms with E-state index >= 15 is 0 Å². The summed E-state index contributed by atoms with van der Waals surface area (Å²) in [7, 11) is 0. The molecule has 0 aromatic rings. The van der Waals surface area contributed by atoms with Crippen LogP contribution in [0.4, 0.5) is 0 Å². The van der Waals surface area contributed by atoms with Gasteiger partial charge in [0.1, 0.15) is 5.78 Å². The maximum atomic E-state index is 11.5. The van der Waals surface area contributed by atoms with Gasteiger partial charge in [0.15, 0.2) is 0 Å². The first kappa shape index (κ1) is 10.8. The van der Waals surface area contributed by atoms with Crippen molar-refractivity contribution >= 4 is 5.78 Å². The molecule has 2 atom stereocenters. The lowest BCUT2D eigenvalue weighted by molar-refractivity contribution is -0.159. The number of ether oxygens (including phenoxy) is 1. The molecule has 0 aromatic heterocycles. The van der Waals surface area contributed by atoms with Crippen LogP contribution in [0.3, 0.4) is 0 Å². The lowest BCUT2D eigenvalue weighted by Gasteiger charge is -2.50. The molecule has 90 valence electrons. The summed E-state index contributed by atoms with van der Waals surface area (Å²) in [4.78, 5) is 11.5.